The van der Waals surface area contributed by atoms with Gasteiger partial charge in [-0.25, -0.2) is 4.39 Å². The van der Waals surface area contributed by atoms with Crippen LogP contribution in [0.5, 0.6) is 0 Å². The third-order valence-electron chi connectivity index (χ3n) is 3.24. The van der Waals surface area contributed by atoms with Crippen molar-refractivity contribution in [2.24, 2.45) is 0 Å². The van der Waals surface area contributed by atoms with Gasteiger partial charge < -0.3 is 4.57 Å². The summed E-state index contributed by atoms with van der Waals surface area (Å²) in [4.78, 5) is 0. The van der Waals surface area contributed by atoms with E-state index in [1.54, 1.807) is 12.1 Å². The lowest BCUT2D eigenvalue weighted by Crippen LogP contribution is -2.13. The van der Waals surface area contributed by atoms with Crippen molar-refractivity contribution < 1.29 is 4.39 Å². The molecule has 1 aliphatic rings. The Labute approximate surface area is 99.3 Å². The minimum Gasteiger partial charge on any atom is -0.315 e. The van der Waals surface area contributed by atoms with Gasteiger partial charge in [-0.2, -0.15) is 0 Å². The van der Waals surface area contributed by atoms with Crippen LogP contribution in [-0.4, -0.2) is 14.8 Å². The fraction of sp³-hybridized carbons (Fsp3) is 0.385. The van der Waals surface area contributed by atoms with E-state index in [0.717, 1.165) is 31.0 Å². The number of nitrogens with zero attached hydrogens (tertiary/aromatic N) is 3. The average Bonchev–Trinajstić information content (AvgIpc) is 2.76. The van der Waals surface area contributed by atoms with Gasteiger partial charge in [-0.3, -0.25) is 0 Å². The molecule has 0 radical (unpaired) electrons. The lowest BCUT2D eigenvalue weighted by Gasteiger charge is -2.14. The van der Waals surface area contributed by atoms with E-state index in [1.165, 1.54) is 12.5 Å². The van der Waals surface area contributed by atoms with E-state index >= 15 is 0 Å². The summed E-state index contributed by atoms with van der Waals surface area (Å²) in [5.41, 5.74) is 0.688. The first-order valence-electron chi connectivity index (χ1n) is 5.99. The van der Waals surface area contributed by atoms with E-state index in [-0.39, 0.29) is 5.82 Å². The predicted octanol–water partition coefficient (Wildman–Crippen LogP) is 2.34. The Hall–Kier alpha value is -1.71. The Balaban J connectivity index is 1.91. The fourth-order valence-electron chi connectivity index (χ4n) is 2.31. The smallest absolute Gasteiger partial charge is 0.137 e. The molecule has 17 heavy (non-hydrogen) atoms. The molecule has 0 spiro atoms. The van der Waals surface area contributed by atoms with Crippen LogP contribution < -0.4 is 0 Å². The summed E-state index contributed by atoms with van der Waals surface area (Å²) < 4.78 is 15.7. The Morgan fingerprint density at radius 2 is 2.06 bits per heavy atom. The summed E-state index contributed by atoms with van der Waals surface area (Å²) in [6.45, 7) is 0.964. The summed E-state index contributed by atoms with van der Waals surface area (Å²) in [6, 6.07) is 6.85. The molecular weight excluding hydrogens is 217 g/mol. The average molecular weight is 231 g/mol. The van der Waals surface area contributed by atoms with E-state index in [1.807, 2.05) is 6.07 Å². The van der Waals surface area contributed by atoms with Crippen LogP contribution in [0.1, 0.15) is 30.1 Å². The summed E-state index contributed by atoms with van der Waals surface area (Å²) in [5.74, 6) is 1.76. The summed E-state index contributed by atoms with van der Waals surface area (Å²) >= 11 is 0. The normalized spacial score (nSPS) is 14.6. The molecule has 1 aromatic heterocycles. The number of aryl methyl sites for hydroxylation is 1. The number of halogens is 1. The zero-order chi connectivity index (χ0) is 11.7. The van der Waals surface area contributed by atoms with Gasteiger partial charge in [-0.05, 0) is 24.5 Å². The standard InChI is InChI=1S/C13H14FN3/c14-11-6-2-1-5-10(11)9-13-16-15-12-7-3-4-8-17(12)13/h1-2,5-6H,3-4,7-9H2. The van der Waals surface area contributed by atoms with Crippen LogP contribution in [0.25, 0.3) is 0 Å². The molecule has 0 unspecified atom stereocenters. The van der Waals surface area contributed by atoms with Crippen LogP contribution in [0.2, 0.25) is 0 Å². The highest BCUT2D eigenvalue weighted by atomic mass is 19.1. The van der Waals surface area contributed by atoms with Gasteiger partial charge in [0.1, 0.15) is 17.5 Å². The molecule has 0 atom stereocenters. The molecule has 3 nitrogen and oxygen atoms in total. The molecule has 88 valence electrons. The largest absolute Gasteiger partial charge is 0.315 e. The van der Waals surface area contributed by atoms with Gasteiger partial charge >= 0.3 is 0 Å². The van der Waals surface area contributed by atoms with Gasteiger partial charge in [0.2, 0.25) is 0 Å². The van der Waals surface area contributed by atoms with Crippen molar-refractivity contribution in [1.29, 1.82) is 0 Å². The van der Waals surface area contributed by atoms with E-state index in [0.29, 0.717) is 12.0 Å². The van der Waals surface area contributed by atoms with Gasteiger partial charge in [0.05, 0.1) is 0 Å². The zero-order valence-corrected chi connectivity index (χ0v) is 9.56. The topological polar surface area (TPSA) is 30.7 Å². The van der Waals surface area contributed by atoms with Crippen molar-refractivity contribution in [3.05, 3.63) is 47.3 Å². The number of aromatic nitrogens is 3. The third kappa shape index (κ3) is 1.95. The molecule has 0 aliphatic carbocycles. The van der Waals surface area contributed by atoms with Crippen molar-refractivity contribution in [2.45, 2.75) is 32.2 Å². The van der Waals surface area contributed by atoms with Gasteiger partial charge in [0, 0.05) is 19.4 Å². The van der Waals surface area contributed by atoms with E-state index < -0.39 is 0 Å². The number of fused-ring (bicyclic) bond motifs is 1. The summed E-state index contributed by atoms with van der Waals surface area (Å²) in [6.07, 6.45) is 3.86. The number of hydrogen-bond acceptors (Lipinski definition) is 2. The first kappa shape index (κ1) is 10.4. The van der Waals surface area contributed by atoms with Crippen LogP contribution >= 0.6 is 0 Å². The molecule has 2 aromatic rings. The van der Waals surface area contributed by atoms with Crippen molar-refractivity contribution >= 4 is 0 Å². The maximum absolute atomic E-state index is 13.6. The van der Waals surface area contributed by atoms with Crippen molar-refractivity contribution in [2.75, 3.05) is 0 Å². The van der Waals surface area contributed by atoms with Crippen LogP contribution in [0.3, 0.4) is 0 Å². The summed E-state index contributed by atoms with van der Waals surface area (Å²) in [5, 5.41) is 8.35. The lowest BCUT2D eigenvalue weighted by molar-refractivity contribution is 0.509. The monoisotopic (exact) mass is 231 g/mol. The maximum atomic E-state index is 13.6. The van der Waals surface area contributed by atoms with Crippen LogP contribution in [-0.2, 0) is 19.4 Å². The van der Waals surface area contributed by atoms with Crippen LogP contribution in [0.4, 0.5) is 4.39 Å². The highest BCUT2D eigenvalue weighted by molar-refractivity contribution is 5.21. The molecule has 4 heteroatoms. The van der Waals surface area contributed by atoms with Crippen molar-refractivity contribution in [3.63, 3.8) is 0 Å². The molecule has 0 amide bonds. The van der Waals surface area contributed by atoms with Crippen molar-refractivity contribution in [1.82, 2.24) is 14.8 Å². The van der Waals surface area contributed by atoms with E-state index in [9.17, 15) is 4.39 Å². The summed E-state index contributed by atoms with van der Waals surface area (Å²) in [7, 11) is 0. The second kappa shape index (κ2) is 4.28. The highest BCUT2D eigenvalue weighted by Crippen LogP contribution is 2.17. The van der Waals surface area contributed by atoms with Gasteiger partial charge in [0.15, 0.2) is 0 Å². The van der Waals surface area contributed by atoms with E-state index in [4.69, 9.17) is 0 Å². The molecule has 0 fully saturated rings. The molecule has 2 heterocycles. The second-order valence-corrected chi connectivity index (χ2v) is 4.41. The number of benzene rings is 1. The Morgan fingerprint density at radius 1 is 1.18 bits per heavy atom. The van der Waals surface area contributed by atoms with Gasteiger partial charge in [-0.15, -0.1) is 10.2 Å². The molecule has 3 rings (SSSR count). The van der Waals surface area contributed by atoms with Gasteiger partial charge in [-0.1, -0.05) is 18.2 Å². The van der Waals surface area contributed by atoms with Gasteiger partial charge in [0.25, 0.3) is 0 Å². The Kier molecular flexibility index (Phi) is 2.63. The van der Waals surface area contributed by atoms with Crippen LogP contribution in [0, 0.1) is 5.82 Å². The van der Waals surface area contributed by atoms with E-state index in [2.05, 4.69) is 14.8 Å². The second-order valence-electron chi connectivity index (χ2n) is 4.41. The highest BCUT2D eigenvalue weighted by Gasteiger charge is 2.16. The molecule has 0 saturated heterocycles. The molecule has 0 N–H and O–H groups in total. The van der Waals surface area contributed by atoms with Crippen LogP contribution in [0.15, 0.2) is 24.3 Å². The van der Waals surface area contributed by atoms with Crippen molar-refractivity contribution in [3.8, 4) is 0 Å². The third-order valence-corrected chi connectivity index (χ3v) is 3.24. The quantitative estimate of drug-likeness (QED) is 0.794. The first-order valence-corrected chi connectivity index (χ1v) is 5.99. The minimum absolute atomic E-state index is 0.166. The zero-order valence-electron chi connectivity index (χ0n) is 9.56. The lowest BCUT2D eigenvalue weighted by atomic mass is 10.1. The Bertz CT molecular complexity index is 533. The molecule has 1 aromatic carbocycles. The molecular formula is C13H14FN3. The maximum Gasteiger partial charge on any atom is 0.137 e. The number of rotatable bonds is 2. The molecule has 0 bridgehead atoms. The fourth-order valence-corrected chi connectivity index (χ4v) is 2.31. The number of hydrogen-bond donors (Lipinski definition) is 0. The first-order chi connectivity index (χ1) is 8.34. The molecule has 1 aliphatic heterocycles. The SMILES string of the molecule is Fc1ccccc1Cc1nnc2n1CCCC2. The molecule has 0 saturated carbocycles. The Morgan fingerprint density at radius 3 is 2.94 bits per heavy atom. The minimum atomic E-state index is -0.166. The predicted molar refractivity (Wildman–Crippen MR) is 62.2 cm³/mol.